The van der Waals surface area contributed by atoms with Gasteiger partial charge in [0.15, 0.2) is 0 Å². The highest BCUT2D eigenvalue weighted by Gasteiger charge is 2.55. The summed E-state index contributed by atoms with van der Waals surface area (Å²) in [6.07, 6.45) is 7.63. The Morgan fingerprint density at radius 1 is 0.914 bits per heavy atom. The van der Waals surface area contributed by atoms with Gasteiger partial charge in [-0.1, -0.05) is 48.5 Å². The number of amidine groups is 1. The number of aliphatic imine (C=N–C) groups is 1. The lowest BCUT2D eigenvalue weighted by Crippen LogP contribution is -2.78. The molecule has 6 aromatic rings. The molecule has 3 aromatic heterocycles. The molecule has 0 fully saturated rings. The van der Waals surface area contributed by atoms with Gasteiger partial charge in [-0.25, -0.2) is 0 Å². The number of aromatic nitrogens is 2. The Kier molecular flexibility index (Phi) is 2.90. The number of fused-ring (bicyclic) bond motifs is 11. The Bertz CT molecular complexity index is 2050. The Labute approximate surface area is 198 Å². The molecular weight excluding hydrogens is 438 g/mol. The van der Waals surface area contributed by atoms with E-state index in [4.69, 9.17) is 9.41 Å². The fourth-order valence-corrected chi connectivity index (χ4v) is 6.37. The van der Waals surface area contributed by atoms with Gasteiger partial charge in [0.2, 0.25) is 5.84 Å². The van der Waals surface area contributed by atoms with Crippen LogP contribution in [0.15, 0.2) is 107 Å². The van der Waals surface area contributed by atoms with Crippen molar-refractivity contribution in [1.29, 1.82) is 0 Å². The number of nitrogens with zero attached hydrogens (tertiary/aromatic N) is 4. The smallest absolute Gasteiger partial charge is 0.455 e. The number of hydrogen-bond donors (Lipinski definition) is 0. The van der Waals surface area contributed by atoms with Gasteiger partial charge in [-0.3, -0.25) is 0 Å². The minimum atomic E-state index is -2.97. The fourth-order valence-electron chi connectivity index (χ4n) is 6.37. The zero-order chi connectivity index (χ0) is 22.9. The van der Waals surface area contributed by atoms with E-state index in [1.54, 1.807) is 15.5 Å². The summed E-state index contributed by atoms with van der Waals surface area (Å²) in [5.41, 5.74) is 5.08. The molecule has 1 atom stereocenters. The third-order valence-corrected chi connectivity index (χ3v) is 7.70. The maximum absolute atomic E-state index is 18.1. The number of furan rings is 1. The lowest BCUT2D eigenvalue weighted by Gasteiger charge is -2.50. The summed E-state index contributed by atoms with van der Waals surface area (Å²) in [7, 11) is 0. The van der Waals surface area contributed by atoms with Crippen molar-refractivity contribution >= 4 is 67.9 Å². The zero-order valence-electron chi connectivity index (χ0n) is 18.4. The third kappa shape index (κ3) is 1.87. The van der Waals surface area contributed by atoms with Crippen LogP contribution in [-0.4, -0.2) is 22.0 Å². The van der Waals surface area contributed by atoms with E-state index in [1.165, 1.54) is 0 Å². The van der Waals surface area contributed by atoms with Gasteiger partial charge in [0.1, 0.15) is 11.2 Å². The molecule has 0 spiro atoms. The summed E-state index contributed by atoms with van der Waals surface area (Å²) in [5.74, 6) is 1.19. The summed E-state index contributed by atoms with van der Waals surface area (Å²) >= 11 is 0. The highest BCUT2D eigenvalue weighted by molar-refractivity contribution is 6.69. The lowest BCUT2D eigenvalue weighted by molar-refractivity contribution is -0.553. The van der Waals surface area contributed by atoms with Crippen LogP contribution in [0.5, 0.6) is 0 Å². The van der Waals surface area contributed by atoms with Gasteiger partial charge in [0, 0.05) is 62.2 Å². The maximum atomic E-state index is 18.1. The van der Waals surface area contributed by atoms with Crippen LogP contribution in [0.3, 0.4) is 0 Å². The van der Waals surface area contributed by atoms with Gasteiger partial charge < -0.3 is 22.5 Å². The molecule has 3 aliphatic rings. The van der Waals surface area contributed by atoms with Crippen LogP contribution < -0.4 is 4.48 Å². The van der Waals surface area contributed by atoms with Crippen LogP contribution >= 0.6 is 0 Å². The molecule has 0 amide bonds. The van der Waals surface area contributed by atoms with E-state index in [0.717, 1.165) is 55.0 Å². The van der Waals surface area contributed by atoms with E-state index in [1.807, 2.05) is 77.3 Å². The number of rotatable bonds is 0. The molecule has 35 heavy (non-hydrogen) atoms. The topological polar surface area (TPSA) is 37.6 Å². The number of halogens is 1. The monoisotopic (exact) mass is 454 g/mol. The largest absolute Gasteiger partial charge is 0.573 e. The average molecular weight is 454 g/mol. The number of hydrogen-bond acceptors (Lipinski definition) is 3. The van der Waals surface area contributed by atoms with E-state index in [9.17, 15) is 0 Å². The second kappa shape index (κ2) is 5.70. The highest BCUT2D eigenvalue weighted by Crippen LogP contribution is 2.49. The summed E-state index contributed by atoms with van der Waals surface area (Å²) in [5, 5.41) is 4.01. The minimum absolute atomic E-state index is 0.589. The quantitative estimate of drug-likeness (QED) is 0.262. The van der Waals surface area contributed by atoms with Crippen LogP contribution in [0, 0.1) is 0 Å². The van der Waals surface area contributed by atoms with Gasteiger partial charge in [0.05, 0.1) is 0 Å². The molecule has 0 saturated heterocycles. The van der Waals surface area contributed by atoms with Crippen LogP contribution in [-0.2, 0) is 0 Å². The fraction of sp³-hybridized carbons (Fsp3) is 0. The van der Waals surface area contributed by atoms with Gasteiger partial charge in [-0.05, 0) is 35.3 Å². The summed E-state index contributed by atoms with van der Waals surface area (Å²) in [4.78, 5) is 6.59. The molecule has 164 valence electrons. The molecular formula is C28H16BFN4O. The molecule has 3 aromatic carbocycles. The molecule has 0 aliphatic carbocycles. The predicted octanol–water partition coefficient (Wildman–Crippen LogP) is 6.05. The normalized spacial score (nSPS) is 19.9. The average Bonchev–Trinajstić information content (AvgIpc) is 3.44. The molecule has 3 aliphatic heterocycles. The second-order valence-electron chi connectivity index (χ2n) is 9.37. The number of pyridine rings is 1. The first kappa shape index (κ1) is 17.8. The Morgan fingerprint density at radius 2 is 1.74 bits per heavy atom. The first-order valence-electron chi connectivity index (χ1n) is 11.7. The first-order chi connectivity index (χ1) is 17.2. The van der Waals surface area contributed by atoms with E-state index < -0.39 is 6.83 Å². The van der Waals surface area contributed by atoms with E-state index in [2.05, 4.69) is 18.2 Å². The van der Waals surface area contributed by atoms with Crippen molar-refractivity contribution in [3.8, 4) is 0 Å². The second-order valence-corrected chi connectivity index (χ2v) is 9.37. The molecule has 0 saturated carbocycles. The first-order valence-corrected chi connectivity index (χ1v) is 11.7. The molecule has 0 bridgehead atoms. The summed E-state index contributed by atoms with van der Waals surface area (Å²) in [6.45, 7) is -2.97. The molecule has 0 radical (unpaired) electrons. The molecule has 7 heteroatoms. The molecule has 6 heterocycles. The number of allylic oxidation sites excluding steroid dienone is 2. The van der Waals surface area contributed by atoms with Crippen molar-refractivity contribution in [2.45, 2.75) is 0 Å². The minimum Gasteiger partial charge on any atom is -0.455 e. The van der Waals surface area contributed by atoms with Gasteiger partial charge in [-0.15, -0.1) is 0 Å². The maximum Gasteiger partial charge on any atom is 0.573 e. The predicted molar refractivity (Wildman–Crippen MR) is 137 cm³/mol. The van der Waals surface area contributed by atoms with Crippen LogP contribution in [0.25, 0.3) is 49.4 Å². The van der Waals surface area contributed by atoms with Crippen molar-refractivity contribution in [2.24, 2.45) is 4.99 Å². The zero-order valence-corrected chi connectivity index (χ0v) is 18.4. The Balaban J connectivity index is 1.60. The highest BCUT2D eigenvalue weighted by atomic mass is 19.1. The molecule has 1 unspecified atom stereocenters. The summed E-state index contributed by atoms with van der Waals surface area (Å²) < 4.78 is 28.1. The molecule has 9 rings (SSSR count). The Hall–Kier alpha value is -4.65. The van der Waals surface area contributed by atoms with Crippen LogP contribution in [0.1, 0.15) is 5.56 Å². The van der Waals surface area contributed by atoms with Crippen molar-refractivity contribution in [2.75, 3.05) is 0 Å². The number of benzene rings is 3. The van der Waals surface area contributed by atoms with E-state index in [0.29, 0.717) is 11.7 Å². The van der Waals surface area contributed by atoms with Crippen molar-refractivity contribution in [3.63, 3.8) is 0 Å². The van der Waals surface area contributed by atoms with Crippen LogP contribution in [0.4, 0.5) is 10.1 Å². The van der Waals surface area contributed by atoms with Gasteiger partial charge in [-0.2, -0.15) is 0 Å². The van der Waals surface area contributed by atoms with Gasteiger partial charge >= 0.3 is 6.83 Å². The summed E-state index contributed by atoms with van der Waals surface area (Å²) in [6, 6.07) is 23.9. The van der Waals surface area contributed by atoms with E-state index >= 15 is 4.32 Å². The standard InChI is InChI=1S/C28H16BFN4O/c30-29-32-15-6-5-13-24(32)31-25-14-7-11-22(33(25)29)20-16-19-17-8-2-4-12-23(17)35-28(19)26-18-9-1-3-10-21(18)34(29)27(20)26/h1-16H. The van der Waals surface area contributed by atoms with Gasteiger partial charge in [0.25, 0.3) is 5.82 Å². The van der Waals surface area contributed by atoms with E-state index in [-0.39, 0.29) is 0 Å². The number of para-hydroxylation sites is 2. The molecule has 5 nitrogen and oxygen atoms in total. The lowest BCUT2D eigenvalue weighted by atomic mass is 9.73. The molecule has 0 N–H and O–H groups in total. The SMILES string of the molecule is F[B-]12N3C(=CC=CC3=Nc3cccc[n+]31)c1cc3c4ccccc4oc3c3c4ccccc4n2c13. The third-order valence-electron chi connectivity index (χ3n) is 7.70. The Morgan fingerprint density at radius 3 is 2.69 bits per heavy atom. The van der Waals surface area contributed by atoms with Crippen molar-refractivity contribution in [3.05, 3.63) is 103 Å². The van der Waals surface area contributed by atoms with Crippen LogP contribution in [0.2, 0.25) is 0 Å². The van der Waals surface area contributed by atoms with Crippen molar-refractivity contribution in [1.82, 2.24) is 9.29 Å². The van der Waals surface area contributed by atoms with Crippen molar-refractivity contribution < 1.29 is 13.2 Å².